The van der Waals surface area contributed by atoms with Crippen LogP contribution >= 0.6 is 0 Å². The largest absolute Gasteiger partial charge is 0.573 e. The van der Waals surface area contributed by atoms with Gasteiger partial charge in [-0.3, -0.25) is 0 Å². The van der Waals surface area contributed by atoms with Gasteiger partial charge in [0.05, 0.1) is 4.90 Å². The molecule has 1 rings (SSSR count). The molecule has 0 aromatic heterocycles. The average molecular weight is 326 g/mol. The summed E-state index contributed by atoms with van der Waals surface area (Å²) >= 11 is 0. The minimum Gasteiger partial charge on any atom is -0.406 e. The summed E-state index contributed by atoms with van der Waals surface area (Å²) in [6, 6.07) is 3.58. The van der Waals surface area contributed by atoms with Crippen LogP contribution < -0.4 is 15.2 Å². The minimum atomic E-state index is -4.82. The molecule has 1 aromatic carbocycles. The Hall–Kier alpha value is -1.32. The second kappa shape index (κ2) is 6.63. The van der Waals surface area contributed by atoms with Gasteiger partial charge in [-0.2, -0.15) is 0 Å². The van der Waals surface area contributed by atoms with Crippen LogP contribution in [-0.2, 0) is 10.0 Å². The second-order valence-electron chi connectivity index (χ2n) is 4.78. The van der Waals surface area contributed by atoms with Gasteiger partial charge in [0, 0.05) is 12.6 Å². The molecule has 0 fully saturated rings. The molecule has 0 heterocycles. The van der Waals surface area contributed by atoms with Gasteiger partial charge in [-0.1, -0.05) is 13.8 Å². The molecule has 0 aliphatic heterocycles. The fraction of sp³-hybridized carbons (Fsp3) is 0.500. The van der Waals surface area contributed by atoms with E-state index in [2.05, 4.69) is 9.46 Å². The standard InChI is InChI=1S/C12H17F3N2O3S/c1-8(2)11(16)7-17-21(18,19)10-5-3-9(4-6-10)20-12(13,14)15/h3-6,8,11,17H,7,16H2,1-2H3. The van der Waals surface area contributed by atoms with E-state index in [1.54, 1.807) is 0 Å². The molecular weight excluding hydrogens is 309 g/mol. The SMILES string of the molecule is CC(C)C(N)CNS(=O)(=O)c1ccc(OC(F)(F)F)cc1. The summed E-state index contributed by atoms with van der Waals surface area (Å²) in [6.07, 6.45) is -4.82. The summed E-state index contributed by atoms with van der Waals surface area (Å²) in [5, 5.41) is 0. The normalized spacial score (nSPS) is 14.2. The quantitative estimate of drug-likeness (QED) is 0.836. The van der Waals surface area contributed by atoms with E-state index in [0.29, 0.717) is 0 Å². The number of rotatable bonds is 6. The number of halogens is 3. The highest BCUT2D eigenvalue weighted by Gasteiger charge is 2.31. The van der Waals surface area contributed by atoms with Gasteiger partial charge in [-0.25, -0.2) is 13.1 Å². The molecule has 120 valence electrons. The van der Waals surface area contributed by atoms with Crippen molar-refractivity contribution in [3.8, 4) is 5.75 Å². The molecule has 0 radical (unpaired) electrons. The predicted molar refractivity (Wildman–Crippen MR) is 71.1 cm³/mol. The van der Waals surface area contributed by atoms with Crippen LogP contribution in [0.3, 0.4) is 0 Å². The van der Waals surface area contributed by atoms with Crippen molar-refractivity contribution < 1.29 is 26.3 Å². The van der Waals surface area contributed by atoms with E-state index in [9.17, 15) is 21.6 Å². The highest BCUT2D eigenvalue weighted by molar-refractivity contribution is 7.89. The molecule has 0 saturated carbocycles. The van der Waals surface area contributed by atoms with Crippen LogP contribution in [0.5, 0.6) is 5.75 Å². The summed E-state index contributed by atoms with van der Waals surface area (Å²) in [5.74, 6) is -0.393. The topological polar surface area (TPSA) is 81.4 Å². The first-order valence-electron chi connectivity index (χ1n) is 6.12. The molecule has 9 heteroatoms. The van der Waals surface area contributed by atoms with E-state index in [4.69, 9.17) is 5.73 Å². The summed E-state index contributed by atoms with van der Waals surface area (Å²) in [5.41, 5.74) is 5.72. The van der Waals surface area contributed by atoms with Gasteiger partial charge in [0.2, 0.25) is 10.0 Å². The Bertz CT molecular complexity index is 556. The minimum absolute atomic E-state index is 0.0425. The van der Waals surface area contributed by atoms with Gasteiger partial charge < -0.3 is 10.5 Å². The van der Waals surface area contributed by atoms with Crippen molar-refractivity contribution in [2.45, 2.75) is 31.1 Å². The Labute approximate surface area is 121 Å². The van der Waals surface area contributed by atoms with Crippen LogP contribution in [-0.4, -0.2) is 27.4 Å². The van der Waals surface area contributed by atoms with Crippen LogP contribution in [0.15, 0.2) is 29.2 Å². The van der Waals surface area contributed by atoms with Crippen molar-refractivity contribution in [3.05, 3.63) is 24.3 Å². The fourth-order valence-corrected chi connectivity index (χ4v) is 2.42. The lowest BCUT2D eigenvalue weighted by molar-refractivity contribution is -0.274. The number of ether oxygens (including phenoxy) is 1. The van der Waals surface area contributed by atoms with Crippen molar-refractivity contribution in [2.24, 2.45) is 11.7 Å². The van der Waals surface area contributed by atoms with E-state index >= 15 is 0 Å². The summed E-state index contributed by atoms with van der Waals surface area (Å²) < 4.78 is 65.8. The summed E-state index contributed by atoms with van der Waals surface area (Å²) in [4.78, 5) is -0.159. The molecule has 3 N–H and O–H groups in total. The number of sulfonamides is 1. The number of benzene rings is 1. The van der Waals surface area contributed by atoms with Crippen molar-refractivity contribution >= 4 is 10.0 Å². The maximum atomic E-state index is 12.0. The highest BCUT2D eigenvalue weighted by atomic mass is 32.2. The Morgan fingerprint density at radius 2 is 1.76 bits per heavy atom. The van der Waals surface area contributed by atoms with Gasteiger partial charge in [-0.05, 0) is 30.2 Å². The molecule has 0 saturated heterocycles. The van der Waals surface area contributed by atoms with E-state index in [0.717, 1.165) is 24.3 Å². The lowest BCUT2D eigenvalue weighted by Gasteiger charge is -2.16. The second-order valence-corrected chi connectivity index (χ2v) is 6.55. The first-order valence-corrected chi connectivity index (χ1v) is 7.60. The molecule has 1 atom stereocenters. The van der Waals surface area contributed by atoms with Crippen LogP contribution in [0.4, 0.5) is 13.2 Å². The molecule has 1 unspecified atom stereocenters. The van der Waals surface area contributed by atoms with Crippen LogP contribution in [0, 0.1) is 5.92 Å². The number of nitrogens with one attached hydrogen (secondary N) is 1. The van der Waals surface area contributed by atoms with Crippen LogP contribution in [0.25, 0.3) is 0 Å². The highest BCUT2D eigenvalue weighted by Crippen LogP contribution is 2.23. The lowest BCUT2D eigenvalue weighted by atomic mass is 10.1. The predicted octanol–water partition coefficient (Wildman–Crippen LogP) is 1.85. The van der Waals surface area contributed by atoms with E-state index in [1.807, 2.05) is 13.8 Å². The van der Waals surface area contributed by atoms with Gasteiger partial charge in [0.25, 0.3) is 0 Å². The lowest BCUT2D eigenvalue weighted by Crippen LogP contribution is -2.40. The first-order chi connectivity index (χ1) is 9.51. The van der Waals surface area contributed by atoms with Crippen molar-refractivity contribution in [1.82, 2.24) is 4.72 Å². The molecule has 5 nitrogen and oxygen atoms in total. The van der Waals surface area contributed by atoms with E-state index < -0.39 is 22.1 Å². The first kappa shape index (κ1) is 17.7. The Morgan fingerprint density at radius 1 is 1.24 bits per heavy atom. The van der Waals surface area contributed by atoms with Crippen molar-refractivity contribution in [2.75, 3.05) is 6.54 Å². The molecule has 1 aromatic rings. The van der Waals surface area contributed by atoms with Gasteiger partial charge in [-0.15, -0.1) is 13.2 Å². The average Bonchev–Trinajstić information content (AvgIpc) is 2.34. The Morgan fingerprint density at radius 3 is 2.19 bits per heavy atom. The number of hydrogen-bond acceptors (Lipinski definition) is 4. The Kier molecular flexibility index (Phi) is 5.60. The third kappa shape index (κ3) is 5.90. The maximum absolute atomic E-state index is 12.0. The van der Waals surface area contributed by atoms with E-state index in [1.165, 1.54) is 0 Å². The summed E-state index contributed by atoms with van der Waals surface area (Å²) in [6.45, 7) is 3.74. The van der Waals surface area contributed by atoms with Gasteiger partial charge in [0.15, 0.2) is 0 Å². The smallest absolute Gasteiger partial charge is 0.406 e. The van der Waals surface area contributed by atoms with E-state index in [-0.39, 0.29) is 23.4 Å². The zero-order valence-corrected chi connectivity index (χ0v) is 12.3. The molecule has 0 aliphatic carbocycles. The monoisotopic (exact) mass is 326 g/mol. The third-order valence-electron chi connectivity index (χ3n) is 2.73. The van der Waals surface area contributed by atoms with Gasteiger partial charge in [0.1, 0.15) is 5.75 Å². The molecule has 0 amide bonds. The van der Waals surface area contributed by atoms with Crippen LogP contribution in [0.1, 0.15) is 13.8 Å². The Balaban J connectivity index is 2.76. The van der Waals surface area contributed by atoms with Gasteiger partial charge >= 0.3 is 6.36 Å². The molecule has 0 spiro atoms. The molecule has 0 aliphatic rings. The number of alkyl halides is 3. The number of hydrogen-bond donors (Lipinski definition) is 2. The maximum Gasteiger partial charge on any atom is 0.573 e. The third-order valence-corrected chi connectivity index (χ3v) is 4.17. The van der Waals surface area contributed by atoms with Crippen molar-refractivity contribution in [3.63, 3.8) is 0 Å². The summed E-state index contributed by atoms with van der Waals surface area (Å²) in [7, 11) is -3.82. The fourth-order valence-electron chi connectivity index (χ4n) is 1.35. The number of nitrogens with two attached hydrogens (primary N) is 1. The van der Waals surface area contributed by atoms with Crippen molar-refractivity contribution in [1.29, 1.82) is 0 Å². The zero-order valence-electron chi connectivity index (χ0n) is 11.5. The molecule has 21 heavy (non-hydrogen) atoms. The molecule has 0 bridgehead atoms. The van der Waals surface area contributed by atoms with Crippen LogP contribution in [0.2, 0.25) is 0 Å². The zero-order chi connectivity index (χ0) is 16.3. The molecular formula is C12H17F3N2O3S.